The Balaban J connectivity index is 2.92. The van der Waals surface area contributed by atoms with Gasteiger partial charge in [-0.1, -0.05) is 12.1 Å². The van der Waals surface area contributed by atoms with Crippen molar-refractivity contribution >= 4 is 0 Å². The zero-order chi connectivity index (χ0) is 15.4. The second-order valence-corrected chi connectivity index (χ2v) is 5.46. The van der Waals surface area contributed by atoms with Crippen LogP contribution in [0.1, 0.15) is 26.3 Å². The number of rotatable bonds is 5. The summed E-state index contributed by atoms with van der Waals surface area (Å²) in [6, 6.07) is 5.01. The third-order valence-electron chi connectivity index (χ3n) is 2.47. The highest BCUT2D eigenvalue weighted by Gasteiger charge is 2.29. The molecule has 0 spiro atoms. The van der Waals surface area contributed by atoms with E-state index >= 15 is 0 Å². The van der Waals surface area contributed by atoms with Gasteiger partial charge in [-0.3, -0.25) is 0 Å². The van der Waals surface area contributed by atoms with Gasteiger partial charge < -0.3 is 14.8 Å². The van der Waals surface area contributed by atoms with Crippen LogP contribution in [0.15, 0.2) is 18.2 Å². The lowest BCUT2D eigenvalue weighted by Crippen LogP contribution is -2.35. The van der Waals surface area contributed by atoms with E-state index < -0.39 is 12.8 Å². The standard InChI is InChI=1S/C14H20F3NO2/c1-13(2,3)18-8-10-6-5-7-11(19-4)12(10)20-9-14(15,16)17/h5-7,18H,8-9H2,1-4H3. The molecule has 0 aromatic heterocycles. The third-order valence-corrected chi connectivity index (χ3v) is 2.47. The highest BCUT2D eigenvalue weighted by molar-refractivity contribution is 5.46. The fourth-order valence-electron chi connectivity index (χ4n) is 1.54. The summed E-state index contributed by atoms with van der Waals surface area (Å²) in [7, 11) is 1.40. The highest BCUT2D eigenvalue weighted by Crippen LogP contribution is 2.32. The lowest BCUT2D eigenvalue weighted by atomic mass is 10.1. The lowest BCUT2D eigenvalue weighted by molar-refractivity contribution is -0.153. The van der Waals surface area contributed by atoms with Crippen LogP contribution in [0.5, 0.6) is 11.5 Å². The molecular formula is C14H20F3NO2. The van der Waals surface area contributed by atoms with Crippen LogP contribution >= 0.6 is 0 Å². The van der Waals surface area contributed by atoms with Gasteiger partial charge in [-0.2, -0.15) is 13.2 Å². The van der Waals surface area contributed by atoms with Gasteiger partial charge in [0.1, 0.15) is 0 Å². The fourth-order valence-corrected chi connectivity index (χ4v) is 1.54. The number of halogens is 3. The molecule has 0 saturated carbocycles. The molecule has 0 atom stereocenters. The summed E-state index contributed by atoms with van der Waals surface area (Å²) in [6.45, 7) is 4.99. The summed E-state index contributed by atoms with van der Waals surface area (Å²) in [4.78, 5) is 0. The summed E-state index contributed by atoms with van der Waals surface area (Å²) in [5.41, 5.74) is 0.480. The number of hydrogen-bond acceptors (Lipinski definition) is 3. The summed E-state index contributed by atoms with van der Waals surface area (Å²) in [5, 5.41) is 3.21. The van der Waals surface area contributed by atoms with Gasteiger partial charge in [0.15, 0.2) is 18.1 Å². The first-order valence-corrected chi connectivity index (χ1v) is 6.23. The largest absolute Gasteiger partial charge is 0.493 e. The summed E-state index contributed by atoms with van der Waals surface area (Å²) < 4.78 is 46.9. The summed E-state index contributed by atoms with van der Waals surface area (Å²) >= 11 is 0. The monoisotopic (exact) mass is 291 g/mol. The fraction of sp³-hybridized carbons (Fsp3) is 0.571. The van der Waals surface area contributed by atoms with E-state index in [2.05, 4.69) is 5.32 Å². The lowest BCUT2D eigenvalue weighted by Gasteiger charge is -2.22. The van der Waals surface area contributed by atoms with Gasteiger partial charge in [-0.15, -0.1) is 0 Å². The van der Waals surface area contributed by atoms with Gasteiger partial charge in [0, 0.05) is 17.6 Å². The number of hydrogen-bond donors (Lipinski definition) is 1. The number of alkyl halides is 3. The van der Waals surface area contributed by atoms with E-state index in [1.807, 2.05) is 20.8 Å². The molecule has 1 aromatic carbocycles. The molecule has 0 heterocycles. The second kappa shape index (κ2) is 6.35. The highest BCUT2D eigenvalue weighted by atomic mass is 19.4. The zero-order valence-electron chi connectivity index (χ0n) is 12.1. The molecule has 0 amide bonds. The van der Waals surface area contributed by atoms with Gasteiger partial charge in [0.05, 0.1) is 7.11 Å². The Morgan fingerprint density at radius 1 is 1.15 bits per heavy atom. The van der Waals surface area contributed by atoms with E-state index in [4.69, 9.17) is 9.47 Å². The van der Waals surface area contributed by atoms with Crippen LogP contribution in [0.25, 0.3) is 0 Å². The average molecular weight is 291 g/mol. The predicted octanol–water partition coefficient (Wildman–Crippen LogP) is 3.52. The number of methoxy groups -OCH3 is 1. The molecule has 0 unspecified atom stereocenters. The smallest absolute Gasteiger partial charge is 0.422 e. The first-order valence-electron chi connectivity index (χ1n) is 6.23. The minimum atomic E-state index is -4.38. The Bertz CT molecular complexity index is 439. The molecule has 1 N–H and O–H groups in total. The Kier molecular flexibility index (Phi) is 5.28. The van der Waals surface area contributed by atoms with Crippen LogP contribution < -0.4 is 14.8 Å². The van der Waals surface area contributed by atoms with E-state index in [-0.39, 0.29) is 11.3 Å². The first kappa shape index (κ1) is 16.6. The average Bonchev–Trinajstić information content (AvgIpc) is 2.32. The Labute approximate surface area is 117 Å². The zero-order valence-corrected chi connectivity index (χ0v) is 12.1. The van der Waals surface area contributed by atoms with Gasteiger partial charge in [0.25, 0.3) is 0 Å². The molecule has 0 radical (unpaired) electrons. The molecule has 0 aliphatic rings. The molecule has 0 bridgehead atoms. The van der Waals surface area contributed by atoms with Crippen molar-refractivity contribution in [2.24, 2.45) is 0 Å². The van der Waals surface area contributed by atoms with Crippen molar-refractivity contribution in [1.29, 1.82) is 0 Å². The number of benzene rings is 1. The Morgan fingerprint density at radius 2 is 1.80 bits per heavy atom. The Hall–Kier alpha value is -1.43. The molecular weight excluding hydrogens is 271 g/mol. The maximum atomic E-state index is 12.3. The maximum Gasteiger partial charge on any atom is 0.422 e. The third kappa shape index (κ3) is 5.69. The van der Waals surface area contributed by atoms with Crippen molar-refractivity contribution in [2.45, 2.75) is 39.0 Å². The number of ether oxygens (including phenoxy) is 2. The van der Waals surface area contributed by atoms with Crippen molar-refractivity contribution in [1.82, 2.24) is 5.32 Å². The second-order valence-electron chi connectivity index (χ2n) is 5.46. The van der Waals surface area contributed by atoms with E-state index in [0.29, 0.717) is 17.9 Å². The number of para-hydroxylation sites is 1. The van der Waals surface area contributed by atoms with Crippen LogP contribution in [0.2, 0.25) is 0 Å². The van der Waals surface area contributed by atoms with E-state index in [1.165, 1.54) is 7.11 Å². The molecule has 0 fully saturated rings. The van der Waals surface area contributed by atoms with Crippen LogP contribution in [-0.2, 0) is 6.54 Å². The van der Waals surface area contributed by atoms with E-state index in [1.54, 1.807) is 18.2 Å². The molecule has 6 heteroatoms. The molecule has 0 aliphatic carbocycles. The predicted molar refractivity (Wildman–Crippen MR) is 71.1 cm³/mol. The molecule has 0 saturated heterocycles. The normalized spacial score (nSPS) is 12.3. The van der Waals surface area contributed by atoms with Crippen LogP contribution in [0, 0.1) is 0 Å². The number of nitrogens with one attached hydrogen (secondary N) is 1. The van der Waals surface area contributed by atoms with Crippen LogP contribution in [-0.4, -0.2) is 25.4 Å². The minimum absolute atomic E-state index is 0.129. The molecule has 1 rings (SSSR count). The molecule has 20 heavy (non-hydrogen) atoms. The topological polar surface area (TPSA) is 30.5 Å². The minimum Gasteiger partial charge on any atom is -0.493 e. The summed E-state index contributed by atoms with van der Waals surface area (Å²) in [5.74, 6) is 0.423. The van der Waals surface area contributed by atoms with Crippen molar-refractivity contribution in [3.05, 3.63) is 23.8 Å². The van der Waals surface area contributed by atoms with Gasteiger partial charge in [-0.05, 0) is 26.8 Å². The van der Waals surface area contributed by atoms with Gasteiger partial charge in [0.2, 0.25) is 0 Å². The molecule has 0 aliphatic heterocycles. The van der Waals surface area contributed by atoms with Crippen molar-refractivity contribution in [2.75, 3.05) is 13.7 Å². The SMILES string of the molecule is COc1cccc(CNC(C)(C)C)c1OCC(F)(F)F. The van der Waals surface area contributed by atoms with Crippen LogP contribution in [0.4, 0.5) is 13.2 Å². The Morgan fingerprint density at radius 3 is 2.30 bits per heavy atom. The molecule has 1 aromatic rings. The van der Waals surface area contributed by atoms with Gasteiger partial charge in [-0.25, -0.2) is 0 Å². The van der Waals surface area contributed by atoms with Crippen molar-refractivity contribution in [3.63, 3.8) is 0 Å². The van der Waals surface area contributed by atoms with Crippen LogP contribution in [0.3, 0.4) is 0 Å². The van der Waals surface area contributed by atoms with Gasteiger partial charge >= 0.3 is 6.18 Å². The quantitative estimate of drug-likeness (QED) is 0.900. The van der Waals surface area contributed by atoms with Crippen molar-refractivity contribution < 1.29 is 22.6 Å². The molecule has 114 valence electrons. The van der Waals surface area contributed by atoms with Crippen molar-refractivity contribution in [3.8, 4) is 11.5 Å². The first-order chi connectivity index (χ1) is 9.12. The molecule has 3 nitrogen and oxygen atoms in total. The van der Waals surface area contributed by atoms with E-state index in [9.17, 15) is 13.2 Å². The summed E-state index contributed by atoms with van der Waals surface area (Å²) in [6.07, 6.45) is -4.38. The maximum absolute atomic E-state index is 12.3. The van der Waals surface area contributed by atoms with E-state index in [0.717, 1.165) is 0 Å².